The van der Waals surface area contributed by atoms with E-state index in [1.54, 1.807) is 0 Å². The molecule has 0 bridgehead atoms. The minimum Gasteiger partial charge on any atom is -0.475 e. The molecule has 0 spiro atoms. The maximum atomic E-state index is 11.9. The van der Waals surface area contributed by atoms with Gasteiger partial charge >= 0.3 is 5.97 Å². The van der Waals surface area contributed by atoms with Gasteiger partial charge in [0.25, 0.3) is 0 Å². The van der Waals surface area contributed by atoms with E-state index in [4.69, 9.17) is 9.52 Å². The zero-order valence-electron chi connectivity index (χ0n) is 8.38. The summed E-state index contributed by atoms with van der Waals surface area (Å²) in [6.45, 7) is 0. The summed E-state index contributed by atoms with van der Waals surface area (Å²) >= 11 is 4.83. The third-order valence-electron chi connectivity index (χ3n) is 1.97. The summed E-state index contributed by atoms with van der Waals surface area (Å²) in [4.78, 5) is 11.6. The molecule has 1 atom stereocenters. The molecule has 2 aromatic heterocycles. The molecule has 0 fully saturated rings. The molecule has 0 saturated heterocycles. The number of rotatable bonds is 4. The van der Waals surface area contributed by atoms with Gasteiger partial charge in [-0.25, -0.2) is 4.79 Å². The van der Waals surface area contributed by atoms with Crippen molar-refractivity contribution in [3.8, 4) is 0 Å². The molecule has 17 heavy (non-hydrogen) atoms. The van der Waals surface area contributed by atoms with Gasteiger partial charge in [0.15, 0.2) is 5.09 Å². The molecule has 2 aromatic rings. The van der Waals surface area contributed by atoms with Crippen molar-refractivity contribution in [2.75, 3.05) is 0 Å². The number of carboxylic acids is 1. The van der Waals surface area contributed by atoms with Crippen LogP contribution in [0, 0.1) is 0 Å². The van der Waals surface area contributed by atoms with Crippen LogP contribution < -0.4 is 0 Å². The van der Waals surface area contributed by atoms with Gasteiger partial charge in [0.1, 0.15) is 0 Å². The molecule has 2 heterocycles. The molecule has 1 unspecified atom stereocenters. The van der Waals surface area contributed by atoms with Crippen LogP contribution in [0.5, 0.6) is 0 Å². The lowest BCUT2D eigenvalue weighted by atomic mass is 10.5. The van der Waals surface area contributed by atoms with Crippen LogP contribution in [0.3, 0.4) is 0 Å². The maximum Gasteiger partial charge on any atom is 0.371 e. The summed E-state index contributed by atoms with van der Waals surface area (Å²) in [7, 11) is -1.37. The first-order chi connectivity index (χ1) is 8.08. The van der Waals surface area contributed by atoms with Gasteiger partial charge in [-0.05, 0) is 39.5 Å². The van der Waals surface area contributed by atoms with Crippen LogP contribution in [-0.4, -0.2) is 15.3 Å². The molecule has 0 radical (unpaired) electrons. The molecule has 0 amide bonds. The summed E-state index contributed by atoms with van der Waals surface area (Å²) in [5, 5.41) is 10.8. The highest BCUT2D eigenvalue weighted by atomic mass is 79.9. The molecular formula is C10H7BrO4S2. The highest BCUT2D eigenvalue weighted by Gasteiger charge is 2.15. The van der Waals surface area contributed by atoms with Crippen molar-refractivity contribution in [1.29, 1.82) is 0 Å². The Balaban J connectivity index is 2.15. The van der Waals surface area contributed by atoms with Gasteiger partial charge in [0, 0.05) is 9.35 Å². The molecule has 2 rings (SSSR count). The topological polar surface area (TPSA) is 67.5 Å². The van der Waals surface area contributed by atoms with Crippen molar-refractivity contribution >= 4 is 44.0 Å². The van der Waals surface area contributed by atoms with Crippen molar-refractivity contribution < 1.29 is 18.5 Å². The lowest BCUT2D eigenvalue weighted by molar-refractivity contribution is 0.0656. The molecule has 1 N–H and O–H groups in total. The zero-order valence-corrected chi connectivity index (χ0v) is 11.6. The van der Waals surface area contributed by atoms with E-state index in [1.165, 1.54) is 23.5 Å². The lowest BCUT2D eigenvalue weighted by Gasteiger charge is -1.97. The van der Waals surface area contributed by atoms with Crippen LogP contribution in [0.15, 0.2) is 37.6 Å². The quantitative estimate of drug-likeness (QED) is 0.932. The fraction of sp³-hybridized carbons (Fsp3) is 0.100. The Labute approximate surface area is 112 Å². The smallest absolute Gasteiger partial charge is 0.371 e. The summed E-state index contributed by atoms with van der Waals surface area (Å²) in [5.74, 6) is -1.05. The largest absolute Gasteiger partial charge is 0.475 e. The molecule has 4 nitrogen and oxygen atoms in total. The van der Waals surface area contributed by atoms with E-state index in [-0.39, 0.29) is 10.9 Å². The molecule has 90 valence electrons. The van der Waals surface area contributed by atoms with Crippen LogP contribution in [0.1, 0.15) is 15.4 Å². The Hall–Kier alpha value is -0.920. The number of halogens is 1. The van der Waals surface area contributed by atoms with E-state index in [0.29, 0.717) is 5.75 Å². The van der Waals surface area contributed by atoms with Crippen LogP contribution in [-0.2, 0) is 16.6 Å². The Morgan fingerprint density at radius 3 is 2.76 bits per heavy atom. The number of hydrogen-bond donors (Lipinski definition) is 1. The van der Waals surface area contributed by atoms with Crippen LogP contribution in [0.2, 0.25) is 0 Å². The normalized spacial score (nSPS) is 12.5. The maximum absolute atomic E-state index is 11.9. The van der Waals surface area contributed by atoms with E-state index in [9.17, 15) is 9.00 Å². The highest BCUT2D eigenvalue weighted by molar-refractivity contribution is 9.10. The first kappa shape index (κ1) is 12.5. The van der Waals surface area contributed by atoms with Gasteiger partial charge < -0.3 is 9.52 Å². The number of hydrogen-bond acceptors (Lipinski definition) is 4. The van der Waals surface area contributed by atoms with Gasteiger partial charge in [0.05, 0.1) is 16.6 Å². The summed E-state index contributed by atoms with van der Waals surface area (Å²) in [6.07, 6.45) is 0. The van der Waals surface area contributed by atoms with Crippen molar-refractivity contribution in [2.24, 2.45) is 0 Å². The van der Waals surface area contributed by atoms with E-state index >= 15 is 0 Å². The molecule has 0 aliphatic carbocycles. The summed E-state index contributed by atoms with van der Waals surface area (Å²) in [6, 6.07) is 4.61. The molecule has 0 aliphatic heterocycles. The second kappa shape index (κ2) is 5.16. The molecule has 0 aromatic carbocycles. The van der Waals surface area contributed by atoms with Gasteiger partial charge in [-0.3, -0.25) is 4.21 Å². The van der Waals surface area contributed by atoms with Crippen LogP contribution >= 0.6 is 27.3 Å². The second-order valence-corrected chi connectivity index (χ2v) is 6.34. The van der Waals surface area contributed by atoms with E-state index in [0.717, 1.165) is 9.35 Å². The Morgan fingerprint density at radius 1 is 1.47 bits per heavy atom. The Morgan fingerprint density at radius 2 is 2.24 bits per heavy atom. The lowest BCUT2D eigenvalue weighted by Crippen LogP contribution is -1.95. The standard InChI is InChI=1S/C10H7BrO4S2/c11-6-3-4-16-8(6)5-17(14)9-2-1-7(15-9)10(12)13/h1-4H,5H2,(H,12,13). The summed E-state index contributed by atoms with van der Waals surface area (Å²) < 4.78 is 17.8. The van der Waals surface area contributed by atoms with Gasteiger partial charge in [0.2, 0.25) is 5.76 Å². The predicted octanol–water partition coefficient (Wildman–Crippen LogP) is 3.11. The van der Waals surface area contributed by atoms with Gasteiger partial charge in [-0.15, -0.1) is 11.3 Å². The van der Waals surface area contributed by atoms with Crippen molar-refractivity contribution in [3.63, 3.8) is 0 Å². The third-order valence-corrected chi connectivity index (χ3v) is 5.30. The SMILES string of the molecule is O=C(O)c1ccc(S(=O)Cc2sccc2Br)o1. The molecular weight excluding hydrogens is 328 g/mol. The van der Waals surface area contributed by atoms with Crippen LogP contribution in [0.4, 0.5) is 0 Å². The predicted molar refractivity (Wildman–Crippen MR) is 67.8 cm³/mol. The Bertz CT molecular complexity index is 572. The Kier molecular flexibility index (Phi) is 3.80. The third kappa shape index (κ3) is 2.85. The minimum atomic E-state index is -1.37. The number of carbonyl (C=O) groups is 1. The molecule has 7 heteroatoms. The fourth-order valence-electron chi connectivity index (χ4n) is 1.18. The number of furan rings is 1. The average molecular weight is 335 g/mol. The van der Waals surface area contributed by atoms with E-state index in [2.05, 4.69) is 15.9 Å². The van der Waals surface area contributed by atoms with Gasteiger partial charge in [-0.1, -0.05) is 0 Å². The van der Waals surface area contributed by atoms with E-state index < -0.39 is 16.8 Å². The summed E-state index contributed by atoms with van der Waals surface area (Å²) in [5.41, 5.74) is 0. The van der Waals surface area contributed by atoms with Crippen molar-refractivity contribution in [1.82, 2.24) is 0 Å². The number of aromatic carboxylic acids is 1. The molecule has 0 aliphatic rings. The monoisotopic (exact) mass is 334 g/mol. The van der Waals surface area contributed by atoms with Crippen molar-refractivity contribution in [2.45, 2.75) is 10.8 Å². The highest BCUT2D eigenvalue weighted by Crippen LogP contribution is 2.26. The van der Waals surface area contributed by atoms with E-state index in [1.807, 2.05) is 11.4 Å². The zero-order chi connectivity index (χ0) is 12.4. The van der Waals surface area contributed by atoms with Gasteiger partial charge in [-0.2, -0.15) is 0 Å². The second-order valence-electron chi connectivity index (χ2n) is 3.11. The fourth-order valence-corrected chi connectivity index (χ4v) is 4.17. The minimum absolute atomic E-state index is 0.183. The van der Waals surface area contributed by atoms with Crippen molar-refractivity contribution in [3.05, 3.63) is 38.7 Å². The molecule has 0 saturated carbocycles. The first-order valence-electron chi connectivity index (χ1n) is 4.51. The number of thiophene rings is 1. The number of carboxylic acid groups (broad SMARTS) is 1. The van der Waals surface area contributed by atoms with Crippen LogP contribution in [0.25, 0.3) is 0 Å². The average Bonchev–Trinajstić information content (AvgIpc) is 2.88. The first-order valence-corrected chi connectivity index (χ1v) is 7.50.